The number of carboxylic acids is 2. The van der Waals surface area contributed by atoms with E-state index in [4.69, 9.17) is 0 Å². The summed E-state index contributed by atoms with van der Waals surface area (Å²) >= 11 is 0. The molecular formula is C34H64DyO4. The molecule has 0 rings (SSSR count). The van der Waals surface area contributed by atoms with Crippen LogP contribution in [0.2, 0.25) is 0 Å². The van der Waals surface area contributed by atoms with E-state index in [1.165, 1.54) is 135 Å². The number of unbranched alkanes of at least 4 members (excludes halogenated alkanes) is 23. The first-order chi connectivity index (χ1) is 18.5. The molecule has 0 N–H and O–H groups in total. The van der Waals surface area contributed by atoms with E-state index in [1.807, 2.05) is 0 Å². The molecule has 0 bridgehead atoms. The van der Waals surface area contributed by atoms with E-state index in [9.17, 15) is 19.8 Å². The Bertz CT molecular complexity index is 507. The monoisotopic (exact) mass is 700 g/mol. The van der Waals surface area contributed by atoms with Crippen molar-refractivity contribution in [1.82, 2.24) is 0 Å². The van der Waals surface area contributed by atoms with Crippen LogP contribution in [0, 0.1) is 38.2 Å². The maximum atomic E-state index is 10.2. The predicted octanol–water partition coefficient (Wildman–Crippen LogP) is 8.99. The van der Waals surface area contributed by atoms with Crippen molar-refractivity contribution in [1.29, 1.82) is 0 Å². The van der Waals surface area contributed by atoms with E-state index in [1.54, 1.807) is 0 Å². The van der Waals surface area contributed by atoms with Crippen molar-refractivity contribution in [3.63, 3.8) is 0 Å². The Kier molecular flexibility index (Phi) is 44.6. The first-order valence-corrected chi connectivity index (χ1v) is 16.6. The summed E-state index contributed by atoms with van der Waals surface area (Å²) in [6.07, 6.45) is 37.8. The fourth-order valence-electron chi connectivity index (χ4n) is 4.63. The number of hydrogen-bond donors (Lipinski definition) is 0. The number of carboxylic acid groups (broad SMARTS) is 2. The third-order valence-corrected chi connectivity index (χ3v) is 7.13. The normalized spacial score (nSPS) is 10.7. The van der Waals surface area contributed by atoms with Crippen LogP contribution in [0.4, 0.5) is 0 Å². The fraction of sp³-hybridized carbons (Fsp3) is 0.882. The average molecular weight is 699 g/mol. The van der Waals surface area contributed by atoms with Crippen LogP contribution in [0.1, 0.15) is 194 Å². The van der Waals surface area contributed by atoms with Gasteiger partial charge in [0.25, 0.3) is 0 Å². The topological polar surface area (TPSA) is 80.3 Å². The van der Waals surface area contributed by atoms with Crippen LogP contribution in [0.5, 0.6) is 0 Å². The van der Waals surface area contributed by atoms with Crippen LogP contribution < -0.4 is 10.2 Å². The first kappa shape index (κ1) is 43.4. The standard InChI is InChI=1S/C18H34O2.C16H32O2.Dy/c1-2-3-4-5-6-7-8-9-10-11-12-13-14-15-16-17-18(19)20;1-2-3-4-5-6-7-8-9-10-11-12-13-14-15-16(17)18;/h9-10H,2-8,11-17H2,1H3,(H,19,20);2-15H2,1H3,(H,17,18);/q;;+2/p-2/b10-9-;;. The van der Waals surface area contributed by atoms with E-state index >= 15 is 0 Å². The molecule has 0 aliphatic carbocycles. The summed E-state index contributed by atoms with van der Waals surface area (Å²) in [6.45, 7) is 4.51. The molecule has 39 heavy (non-hydrogen) atoms. The van der Waals surface area contributed by atoms with Crippen LogP contribution in [-0.2, 0) is 9.59 Å². The number of hydrogen-bond acceptors (Lipinski definition) is 4. The molecule has 0 aromatic heterocycles. The minimum atomic E-state index is -0.914. The summed E-state index contributed by atoms with van der Waals surface area (Å²) in [5.74, 6) is -1.82. The molecule has 0 unspecified atom stereocenters. The fourth-order valence-corrected chi connectivity index (χ4v) is 4.63. The number of aliphatic carboxylic acids is 2. The largest absolute Gasteiger partial charge is 2.00 e. The zero-order chi connectivity index (χ0) is 28.4. The SMILES string of the molecule is CCCCCCCC/C=C\CCCCCCCC(=O)[O-].CCCCCCCCCCCCCCCC(=O)[O-].[Dy+2]. The van der Waals surface area contributed by atoms with Gasteiger partial charge >= 0.3 is 38.2 Å². The zero-order valence-electron chi connectivity index (χ0n) is 25.9. The first-order valence-electron chi connectivity index (χ1n) is 16.6. The number of carbonyl (C=O) groups is 2. The number of carbonyl (C=O) groups excluding carboxylic acids is 2. The molecule has 0 aromatic rings. The third-order valence-electron chi connectivity index (χ3n) is 7.13. The molecule has 5 heteroatoms. The van der Waals surface area contributed by atoms with Gasteiger partial charge in [-0.25, -0.2) is 0 Å². The Morgan fingerprint density at radius 3 is 0.897 bits per heavy atom. The van der Waals surface area contributed by atoms with Gasteiger partial charge in [-0.3, -0.25) is 0 Å². The Morgan fingerprint density at radius 1 is 0.410 bits per heavy atom. The minimum Gasteiger partial charge on any atom is -0.550 e. The zero-order valence-corrected chi connectivity index (χ0v) is 27.9. The van der Waals surface area contributed by atoms with Crippen molar-refractivity contribution in [2.75, 3.05) is 0 Å². The van der Waals surface area contributed by atoms with Crippen LogP contribution in [0.15, 0.2) is 12.2 Å². The second-order valence-corrected chi connectivity index (χ2v) is 11.1. The molecule has 234 valence electrons. The molecule has 0 saturated carbocycles. The van der Waals surface area contributed by atoms with E-state index in [-0.39, 0.29) is 51.0 Å². The minimum absolute atomic E-state index is 0. The van der Waals surface area contributed by atoms with Crippen LogP contribution in [0.3, 0.4) is 0 Å². The van der Waals surface area contributed by atoms with E-state index in [0.717, 1.165) is 32.1 Å². The van der Waals surface area contributed by atoms with E-state index in [2.05, 4.69) is 26.0 Å². The maximum Gasteiger partial charge on any atom is 2.00 e. The third kappa shape index (κ3) is 48.0. The van der Waals surface area contributed by atoms with Gasteiger partial charge in [-0.05, 0) is 51.4 Å². The van der Waals surface area contributed by atoms with Gasteiger partial charge in [0.1, 0.15) is 0 Å². The molecule has 0 radical (unpaired) electrons. The Labute approximate surface area is 274 Å². The van der Waals surface area contributed by atoms with E-state index < -0.39 is 11.9 Å². The van der Waals surface area contributed by atoms with Gasteiger partial charge in [-0.2, -0.15) is 0 Å². The Balaban J connectivity index is -0.000000651. The summed E-state index contributed by atoms with van der Waals surface area (Å²) < 4.78 is 0. The number of rotatable bonds is 29. The van der Waals surface area contributed by atoms with Crippen LogP contribution in [-0.4, -0.2) is 11.9 Å². The summed E-state index contributed by atoms with van der Waals surface area (Å²) in [4.78, 5) is 20.4. The molecule has 0 spiro atoms. The molecule has 0 atom stereocenters. The van der Waals surface area contributed by atoms with Gasteiger partial charge in [-0.15, -0.1) is 0 Å². The Hall–Kier alpha value is -0.0473. The smallest absolute Gasteiger partial charge is 0.550 e. The van der Waals surface area contributed by atoms with Crippen molar-refractivity contribution >= 4 is 11.9 Å². The summed E-state index contributed by atoms with van der Waals surface area (Å²) in [5.41, 5.74) is 0. The number of allylic oxidation sites excluding steroid dienone is 2. The predicted molar refractivity (Wildman–Crippen MR) is 160 cm³/mol. The second kappa shape index (κ2) is 40.1. The van der Waals surface area contributed by atoms with Crippen molar-refractivity contribution < 1.29 is 58.0 Å². The van der Waals surface area contributed by atoms with Gasteiger partial charge in [0.15, 0.2) is 0 Å². The average Bonchev–Trinajstić information content (AvgIpc) is 2.89. The van der Waals surface area contributed by atoms with Gasteiger partial charge in [0, 0.05) is 11.9 Å². The summed E-state index contributed by atoms with van der Waals surface area (Å²) in [7, 11) is 0. The molecule has 0 amide bonds. The summed E-state index contributed by atoms with van der Waals surface area (Å²) in [5, 5.41) is 20.4. The van der Waals surface area contributed by atoms with Crippen molar-refractivity contribution in [3.05, 3.63) is 12.2 Å². The molecule has 0 aromatic carbocycles. The summed E-state index contributed by atoms with van der Waals surface area (Å²) in [6, 6.07) is 0. The molecule has 0 heterocycles. The molecule has 0 aliphatic heterocycles. The van der Waals surface area contributed by atoms with Crippen LogP contribution >= 0.6 is 0 Å². The van der Waals surface area contributed by atoms with Gasteiger partial charge in [0.05, 0.1) is 0 Å². The van der Waals surface area contributed by atoms with Crippen molar-refractivity contribution in [2.24, 2.45) is 0 Å². The quantitative estimate of drug-likeness (QED) is 0.0577. The molecule has 0 fully saturated rings. The van der Waals surface area contributed by atoms with Gasteiger partial charge in [-0.1, -0.05) is 154 Å². The van der Waals surface area contributed by atoms with Crippen molar-refractivity contribution in [3.8, 4) is 0 Å². The Morgan fingerprint density at radius 2 is 0.641 bits per heavy atom. The van der Waals surface area contributed by atoms with Crippen molar-refractivity contribution in [2.45, 2.75) is 194 Å². The van der Waals surface area contributed by atoms with E-state index in [0.29, 0.717) is 0 Å². The second-order valence-electron chi connectivity index (χ2n) is 11.1. The molecule has 0 saturated heterocycles. The molecular weight excluding hydrogens is 635 g/mol. The molecule has 4 nitrogen and oxygen atoms in total. The van der Waals surface area contributed by atoms with Gasteiger partial charge < -0.3 is 19.8 Å². The van der Waals surface area contributed by atoms with Crippen LogP contribution in [0.25, 0.3) is 0 Å². The maximum absolute atomic E-state index is 10.2. The van der Waals surface area contributed by atoms with Gasteiger partial charge in [0.2, 0.25) is 0 Å². The molecule has 0 aliphatic rings.